The van der Waals surface area contributed by atoms with Crippen LogP contribution >= 0.6 is 0 Å². The van der Waals surface area contributed by atoms with Crippen LogP contribution in [-0.4, -0.2) is 61.6 Å². The van der Waals surface area contributed by atoms with E-state index in [1.165, 1.54) is 17.5 Å². The molecule has 0 spiro atoms. The van der Waals surface area contributed by atoms with Gasteiger partial charge >= 0.3 is 0 Å². The Bertz CT molecular complexity index is 1230. The number of rotatable bonds is 8. The molecule has 0 aromatic heterocycles. The Hall–Kier alpha value is -2.55. The Labute approximate surface area is 251 Å². The third kappa shape index (κ3) is 6.98. The van der Waals surface area contributed by atoms with Crippen molar-refractivity contribution in [3.8, 4) is 0 Å². The quantitative estimate of drug-likeness (QED) is 0.292. The zero-order valence-electron chi connectivity index (χ0n) is 25.4. The van der Waals surface area contributed by atoms with E-state index in [0.29, 0.717) is 19.4 Å². The summed E-state index contributed by atoms with van der Waals surface area (Å²) in [5.41, 5.74) is 4.13. The van der Waals surface area contributed by atoms with E-state index in [-0.39, 0.29) is 48.4 Å². The number of aliphatic hydroxyl groups is 1. The lowest BCUT2D eigenvalue weighted by atomic mass is 9.93. The minimum Gasteiger partial charge on any atom is -0.394 e. The number of aliphatic hydroxyl groups excluding tert-OH is 1. The van der Waals surface area contributed by atoms with Crippen LogP contribution in [0.25, 0.3) is 0 Å². The summed E-state index contributed by atoms with van der Waals surface area (Å²) in [7, 11) is -3.12. The average molecular weight is 595 g/mol. The molecule has 2 aromatic rings. The molecule has 0 unspecified atom stereocenters. The maximum atomic E-state index is 15.7. The number of carbonyl (C=O) groups is 2. The molecule has 2 saturated heterocycles. The van der Waals surface area contributed by atoms with Gasteiger partial charge in [0.05, 0.1) is 31.3 Å². The third-order valence-electron chi connectivity index (χ3n) is 9.75. The highest BCUT2D eigenvalue weighted by Gasteiger charge is 2.52. The first-order valence-corrected chi connectivity index (χ1v) is 18.8. The van der Waals surface area contributed by atoms with Crippen molar-refractivity contribution in [3.63, 3.8) is 0 Å². The lowest BCUT2D eigenvalue weighted by Crippen LogP contribution is -2.48. The number of halogens is 1. The Morgan fingerprint density at radius 2 is 1.74 bits per heavy atom. The number of hydrogen-bond donors (Lipinski definition) is 1. The molecular weight excluding hydrogens is 547 g/mol. The summed E-state index contributed by atoms with van der Waals surface area (Å²) in [6.45, 7) is 6.69. The van der Waals surface area contributed by atoms with Crippen LogP contribution in [0.1, 0.15) is 68.6 Å². The Balaban J connectivity index is 1.23. The van der Waals surface area contributed by atoms with Gasteiger partial charge in [0.1, 0.15) is 0 Å². The number of hydrogen-bond acceptors (Lipinski definition) is 4. The molecule has 5 atom stereocenters. The van der Waals surface area contributed by atoms with Crippen molar-refractivity contribution in [2.45, 2.75) is 108 Å². The second kappa shape index (κ2) is 13.4. The average Bonchev–Trinajstić information content (AvgIpc) is 3.28. The number of carbonyl (C=O) groups excluding carboxylic acids is 2. The van der Waals surface area contributed by atoms with Gasteiger partial charge in [0.2, 0.25) is 20.2 Å². The minimum absolute atomic E-state index is 0.0168. The molecular formula is C34H47FN2O4Si. The standard InChI is InChI=1S/C34H47FN2O4Si/c1-24-30(18-15-25-13-16-28(17-14-25)36-19-9-5-4-6-12-32(36)39)41-31(34(24)42(2,3)35)21-33(40)37-22-27-11-8-7-10-26(27)20-29(37)23-38/h7-8,10-11,13-14,16-17,24,29-31,34,38H,4-6,9,12,15,18-23H2,1-3H3/t24-,29-,30+,31-,34+/m0/s1. The highest BCUT2D eigenvalue weighted by atomic mass is 28.4. The number of aryl methyl sites for hydroxylation is 1. The molecule has 2 amide bonds. The smallest absolute Gasteiger partial charge is 0.246 e. The number of benzene rings is 2. The van der Waals surface area contributed by atoms with Crippen molar-refractivity contribution in [1.82, 2.24) is 4.90 Å². The summed E-state index contributed by atoms with van der Waals surface area (Å²) >= 11 is 0. The second-order valence-corrected chi connectivity index (χ2v) is 16.9. The van der Waals surface area contributed by atoms with Gasteiger partial charge in [0.15, 0.2) is 0 Å². The third-order valence-corrected chi connectivity index (χ3v) is 12.2. The van der Waals surface area contributed by atoms with Crippen LogP contribution in [0.3, 0.4) is 0 Å². The van der Waals surface area contributed by atoms with Gasteiger partial charge in [-0.2, -0.15) is 0 Å². The molecule has 0 bridgehead atoms. The number of fused-ring (bicyclic) bond motifs is 1. The fourth-order valence-electron chi connectivity index (χ4n) is 7.49. The van der Waals surface area contributed by atoms with Crippen molar-refractivity contribution < 1.29 is 23.5 Å². The molecule has 3 aliphatic heterocycles. The normalized spacial score (nSPS) is 27.0. The van der Waals surface area contributed by atoms with Crippen molar-refractivity contribution in [3.05, 3.63) is 65.2 Å². The van der Waals surface area contributed by atoms with E-state index in [2.05, 4.69) is 25.1 Å². The van der Waals surface area contributed by atoms with E-state index in [4.69, 9.17) is 4.74 Å². The molecule has 42 heavy (non-hydrogen) atoms. The summed E-state index contributed by atoms with van der Waals surface area (Å²) in [6.07, 6.45) is 6.65. The molecule has 0 radical (unpaired) electrons. The Morgan fingerprint density at radius 1 is 1.02 bits per heavy atom. The van der Waals surface area contributed by atoms with Gasteiger partial charge in [-0.15, -0.1) is 0 Å². The fraction of sp³-hybridized carbons (Fsp3) is 0.588. The first-order chi connectivity index (χ1) is 20.2. The largest absolute Gasteiger partial charge is 0.394 e. The molecule has 6 nitrogen and oxygen atoms in total. The SMILES string of the molecule is C[C@@H]1[C@@H]([Si](C)(C)F)[C@H](CC(=O)N2Cc3ccccc3C[C@H]2CO)O[C@@H]1CCc1ccc(N2CCCCCCC2=O)cc1. The van der Waals surface area contributed by atoms with Crippen LogP contribution in [0.4, 0.5) is 9.80 Å². The fourth-order valence-corrected chi connectivity index (χ4v) is 10.0. The second-order valence-electron chi connectivity index (χ2n) is 13.1. The molecule has 0 saturated carbocycles. The molecule has 2 fully saturated rings. The number of nitrogens with zero attached hydrogens (tertiary/aromatic N) is 2. The Morgan fingerprint density at radius 3 is 2.45 bits per heavy atom. The zero-order valence-corrected chi connectivity index (χ0v) is 26.4. The van der Waals surface area contributed by atoms with E-state index in [9.17, 15) is 14.7 Å². The predicted molar refractivity (Wildman–Crippen MR) is 167 cm³/mol. The van der Waals surface area contributed by atoms with Crippen molar-refractivity contribution in [1.29, 1.82) is 0 Å². The van der Waals surface area contributed by atoms with Crippen LogP contribution < -0.4 is 4.90 Å². The molecule has 5 rings (SSSR count). The molecule has 228 valence electrons. The van der Waals surface area contributed by atoms with Crippen LogP contribution in [0.15, 0.2) is 48.5 Å². The van der Waals surface area contributed by atoms with Gasteiger partial charge in [0.25, 0.3) is 0 Å². The van der Waals surface area contributed by atoms with Gasteiger partial charge in [-0.05, 0) is 79.9 Å². The maximum absolute atomic E-state index is 15.7. The monoisotopic (exact) mass is 594 g/mol. The van der Waals surface area contributed by atoms with Crippen molar-refractivity contribution in [2.75, 3.05) is 18.1 Å². The molecule has 0 aliphatic carbocycles. The molecule has 3 aliphatic rings. The van der Waals surface area contributed by atoms with Crippen LogP contribution in [0.2, 0.25) is 18.6 Å². The molecule has 8 heteroatoms. The minimum atomic E-state index is -3.12. The summed E-state index contributed by atoms with van der Waals surface area (Å²) in [5.74, 6) is 0.154. The molecule has 2 aromatic carbocycles. The molecule has 1 N–H and O–H groups in total. The Kier molecular flexibility index (Phi) is 9.85. The van der Waals surface area contributed by atoms with Crippen molar-refractivity contribution in [2.24, 2.45) is 5.92 Å². The summed E-state index contributed by atoms with van der Waals surface area (Å²) in [4.78, 5) is 30.0. The highest BCUT2D eigenvalue weighted by molar-refractivity contribution is 6.72. The molecule has 3 heterocycles. The topological polar surface area (TPSA) is 70.1 Å². The van der Waals surface area contributed by atoms with Gasteiger partial charge in [0, 0.05) is 30.7 Å². The van der Waals surface area contributed by atoms with E-state index in [1.54, 1.807) is 18.0 Å². The van der Waals surface area contributed by atoms with Crippen LogP contribution in [-0.2, 0) is 33.7 Å². The zero-order chi connectivity index (χ0) is 29.9. The predicted octanol–water partition coefficient (Wildman–Crippen LogP) is 6.20. The first kappa shape index (κ1) is 30.9. The van der Waals surface area contributed by atoms with Gasteiger partial charge in [-0.25, -0.2) is 0 Å². The lowest BCUT2D eigenvalue weighted by molar-refractivity contribution is -0.138. The van der Waals surface area contributed by atoms with Crippen LogP contribution in [0, 0.1) is 5.92 Å². The number of amides is 2. The lowest BCUT2D eigenvalue weighted by Gasteiger charge is -2.37. The highest BCUT2D eigenvalue weighted by Crippen LogP contribution is 2.47. The van der Waals surface area contributed by atoms with E-state index in [1.807, 2.05) is 35.2 Å². The van der Waals surface area contributed by atoms with E-state index >= 15 is 4.11 Å². The number of anilines is 1. The first-order valence-electron chi connectivity index (χ1n) is 15.9. The van der Waals surface area contributed by atoms with E-state index < -0.39 is 14.5 Å². The maximum Gasteiger partial charge on any atom is 0.246 e. The summed E-state index contributed by atoms with van der Waals surface area (Å²) in [6, 6.07) is 16.1. The van der Waals surface area contributed by atoms with Crippen molar-refractivity contribution >= 4 is 25.9 Å². The van der Waals surface area contributed by atoms with Gasteiger partial charge in [-0.1, -0.05) is 56.2 Å². The van der Waals surface area contributed by atoms with Gasteiger partial charge < -0.3 is 23.8 Å². The summed E-state index contributed by atoms with van der Waals surface area (Å²) in [5, 5.41) is 10.1. The van der Waals surface area contributed by atoms with E-state index in [0.717, 1.165) is 49.9 Å². The number of ether oxygens (including phenoxy) is 1. The van der Waals surface area contributed by atoms with Crippen LogP contribution in [0.5, 0.6) is 0 Å². The van der Waals surface area contributed by atoms with Gasteiger partial charge in [-0.3, -0.25) is 9.59 Å². The summed E-state index contributed by atoms with van der Waals surface area (Å²) < 4.78 is 22.3.